The highest BCUT2D eigenvalue weighted by Crippen LogP contribution is 2.16. The van der Waals surface area contributed by atoms with Gasteiger partial charge in [-0.1, -0.05) is 33.6 Å². The molecule has 0 saturated carbocycles. The summed E-state index contributed by atoms with van der Waals surface area (Å²) in [5.74, 6) is -0.642. The molecule has 4 heteroatoms. The van der Waals surface area contributed by atoms with Crippen molar-refractivity contribution >= 4 is 11.9 Å². The van der Waals surface area contributed by atoms with E-state index in [4.69, 9.17) is 9.47 Å². The minimum Gasteiger partial charge on any atom is -0.466 e. The molecule has 1 atom stereocenters. The van der Waals surface area contributed by atoms with E-state index in [1.807, 2.05) is 13.8 Å². The monoisotopic (exact) mass is 258 g/mol. The summed E-state index contributed by atoms with van der Waals surface area (Å²) in [6, 6.07) is 0. The van der Waals surface area contributed by atoms with Gasteiger partial charge in [0, 0.05) is 0 Å². The molecule has 0 heterocycles. The van der Waals surface area contributed by atoms with Crippen molar-refractivity contribution in [2.45, 2.75) is 53.4 Å². The van der Waals surface area contributed by atoms with Gasteiger partial charge in [0.1, 0.15) is 0 Å². The third kappa shape index (κ3) is 8.09. The fourth-order valence-electron chi connectivity index (χ4n) is 1.54. The van der Waals surface area contributed by atoms with Crippen molar-refractivity contribution in [2.75, 3.05) is 13.2 Å². The fraction of sp³-hybridized carbons (Fsp3) is 0.857. The first-order chi connectivity index (χ1) is 8.51. The van der Waals surface area contributed by atoms with Gasteiger partial charge in [-0.05, 0) is 19.3 Å². The summed E-state index contributed by atoms with van der Waals surface area (Å²) < 4.78 is 10.1. The van der Waals surface area contributed by atoms with E-state index in [1.165, 1.54) is 0 Å². The van der Waals surface area contributed by atoms with Gasteiger partial charge >= 0.3 is 11.9 Å². The highest BCUT2D eigenvalue weighted by Gasteiger charge is 2.23. The van der Waals surface area contributed by atoms with Crippen LogP contribution >= 0.6 is 0 Å². The summed E-state index contributed by atoms with van der Waals surface area (Å²) in [5.41, 5.74) is 0. The molecule has 4 nitrogen and oxygen atoms in total. The second-order valence-corrected chi connectivity index (χ2v) is 4.87. The molecule has 18 heavy (non-hydrogen) atoms. The Hall–Kier alpha value is -1.06. The normalized spacial score (nSPS) is 12.3. The Morgan fingerprint density at radius 1 is 1.11 bits per heavy atom. The number of unbranched alkanes of at least 4 members (excludes halogenated alkanes) is 1. The Morgan fingerprint density at radius 3 is 2.28 bits per heavy atom. The molecule has 0 amide bonds. The predicted molar refractivity (Wildman–Crippen MR) is 70.1 cm³/mol. The Kier molecular flexibility index (Phi) is 9.33. The number of esters is 2. The molecular formula is C14H26O4. The van der Waals surface area contributed by atoms with Crippen molar-refractivity contribution in [3.05, 3.63) is 0 Å². The number of hydrogen-bond donors (Lipinski definition) is 0. The summed E-state index contributed by atoms with van der Waals surface area (Å²) in [6.45, 7) is 8.54. The van der Waals surface area contributed by atoms with E-state index in [-0.39, 0.29) is 24.3 Å². The maximum atomic E-state index is 11.9. The van der Waals surface area contributed by atoms with Gasteiger partial charge in [-0.15, -0.1) is 0 Å². The lowest BCUT2D eigenvalue weighted by Gasteiger charge is -2.16. The molecule has 0 aromatic carbocycles. The van der Waals surface area contributed by atoms with E-state index < -0.39 is 0 Å². The van der Waals surface area contributed by atoms with E-state index in [0.29, 0.717) is 25.6 Å². The summed E-state index contributed by atoms with van der Waals surface area (Å²) in [6.07, 6.45) is 2.73. The van der Waals surface area contributed by atoms with Crippen molar-refractivity contribution in [1.82, 2.24) is 0 Å². The molecule has 0 saturated heterocycles. The van der Waals surface area contributed by atoms with Crippen LogP contribution in [0.1, 0.15) is 53.4 Å². The molecule has 0 fully saturated rings. The van der Waals surface area contributed by atoms with Gasteiger partial charge in [0.2, 0.25) is 0 Å². The van der Waals surface area contributed by atoms with Crippen LogP contribution in [0.4, 0.5) is 0 Å². The summed E-state index contributed by atoms with van der Waals surface area (Å²) in [5, 5.41) is 0. The third-order valence-electron chi connectivity index (χ3n) is 2.52. The molecule has 1 unspecified atom stereocenters. The zero-order chi connectivity index (χ0) is 14.0. The van der Waals surface area contributed by atoms with E-state index in [1.54, 1.807) is 6.92 Å². The van der Waals surface area contributed by atoms with Crippen molar-refractivity contribution in [1.29, 1.82) is 0 Å². The summed E-state index contributed by atoms with van der Waals surface area (Å²) >= 11 is 0. The maximum absolute atomic E-state index is 11.9. The van der Waals surface area contributed by atoms with Gasteiger partial charge in [-0.2, -0.15) is 0 Å². The zero-order valence-corrected chi connectivity index (χ0v) is 12.0. The Balaban J connectivity index is 4.27. The second-order valence-electron chi connectivity index (χ2n) is 4.87. The zero-order valence-electron chi connectivity index (χ0n) is 12.0. The number of carbonyl (C=O) groups excluding carboxylic acids is 2. The van der Waals surface area contributed by atoms with Gasteiger partial charge in [0.15, 0.2) is 0 Å². The maximum Gasteiger partial charge on any atom is 0.309 e. The van der Waals surface area contributed by atoms with E-state index in [2.05, 4.69) is 6.92 Å². The lowest BCUT2D eigenvalue weighted by atomic mass is 9.98. The van der Waals surface area contributed by atoms with Crippen LogP contribution < -0.4 is 0 Å². The molecule has 0 aliphatic carbocycles. The van der Waals surface area contributed by atoms with Crippen molar-refractivity contribution in [2.24, 2.45) is 11.8 Å². The number of hydrogen-bond acceptors (Lipinski definition) is 4. The molecule has 106 valence electrons. The minimum atomic E-state index is -0.359. The van der Waals surface area contributed by atoms with Crippen molar-refractivity contribution in [3.63, 3.8) is 0 Å². The Morgan fingerprint density at radius 2 is 1.78 bits per heavy atom. The molecule has 0 aliphatic heterocycles. The highest BCUT2D eigenvalue weighted by atomic mass is 16.5. The Labute approximate surface area is 110 Å². The van der Waals surface area contributed by atoms with Gasteiger partial charge in [-0.25, -0.2) is 0 Å². The molecule has 0 spiro atoms. The van der Waals surface area contributed by atoms with E-state index >= 15 is 0 Å². The van der Waals surface area contributed by atoms with Crippen LogP contribution in [0.15, 0.2) is 0 Å². The fourth-order valence-corrected chi connectivity index (χ4v) is 1.54. The first-order valence-electron chi connectivity index (χ1n) is 6.83. The SMILES string of the molecule is CCCCC(CC(=O)OCC)C(=O)OCC(C)C. The van der Waals surface area contributed by atoms with Crippen molar-refractivity contribution in [3.8, 4) is 0 Å². The first-order valence-corrected chi connectivity index (χ1v) is 6.83. The smallest absolute Gasteiger partial charge is 0.309 e. The van der Waals surface area contributed by atoms with Gasteiger partial charge in [0.05, 0.1) is 25.6 Å². The average Bonchev–Trinajstić information content (AvgIpc) is 2.31. The second kappa shape index (κ2) is 9.92. The molecule has 0 radical (unpaired) electrons. The van der Waals surface area contributed by atoms with Gasteiger partial charge in [0.25, 0.3) is 0 Å². The van der Waals surface area contributed by atoms with Gasteiger partial charge < -0.3 is 9.47 Å². The lowest BCUT2D eigenvalue weighted by Crippen LogP contribution is -2.23. The standard InChI is InChI=1S/C14H26O4/c1-5-7-8-12(9-13(15)17-6-2)14(16)18-10-11(3)4/h11-12H,5-10H2,1-4H3. The van der Waals surface area contributed by atoms with Crippen LogP contribution in [0, 0.1) is 11.8 Å². The van der Waals surface area contributed by atoms with E-state index in [9.17, 15) is 9.59 Å². The number of ether oxygens (including phenoxy) is 2. The predicted octanol–water partition coefficient (Wildman–Crippen LogP) is 2.95. The average molecular weight is 258 g/mol. The van der Waals surface area contributed by atoms with Crippen LogP contribution in [0.3, 0.4) is 0 Å². The van der Waals surface area contributed by atoms with Crippen LogP contribution in [0.25, 0.3) is 0 Å². The molecule has 0 aromatic rings. The third-order valence-corrected chi connectivity index (χ3v) is 2.52. The molecule has 0 bridgehead atoms. The topological polar surface area (TPSA) is 52.6 Å². The van der Waals surface area contributed by atoms with Crippen LogP contribution in [-0.2, 0) is 19.1 Å². The molecule has 0 aliphatic rings. The molecule has 0 aromatic heterocycles. The highest BCUT2D eigenvalue weighted by molar-refractivity contribution is 5.79. The number of rotatable bonds is 9. The molecular weight excluding hydrogens is 232 g/mol. The molecule has 0 rings (SSSR count). The lowest BCUT2D eigenvalue weighted by molar-refractivity contribution is -0.156. The largest absolute Gasteiger partial charge is 0.466 e. The van der Waals surface area contributed by atoms with Gasteiger partial charge in [-0.3, -0.25) is 9.59 Å². The summed E-state index contributed by atoms with van der Waals surface area (Å²) in [7, 11) is 0. The van der Waals surface area contributed by atoms with Crippen LogP contribution in [0.2, 0.25) is 0 Å². The quantitative estimate of drug-likeness (QED) is 0.597. The van der Waals surface area contributed by atoms with Crippen molar-refractivity contribution < 1.29 is 19.1 Å². The van der Waals surface area contributed by atoms with Crippen LogP contribution in [0.5, 0.6) is 0 Å². The molecule has 0 N–H and O–H groups in total. The minimum absolute atomic E-state index is 0.130. The summed E-state index contributed by atoms with van der Waals surface area (Å²) in [4.78, 5) is 23.3. The Bertz CT molecular complexity index is 248. The first kappa shape index (κ1) is 16.9. The van der Waals surface area contributed by atoms with Crippen LogP contribution in [-0.4, -0.2) is 25.2 Å². The number of carbonyl (C=O) groups is 2. The van der Waals surface area contributed by atoms with E-state index in [0.717, 1.165) is 12.8 Å².